The van der Waals surface area contributed by atoms with Crippen LogP contribution in [0.2, 0.25) is 0 Å². The lowest BCUT2D eigenvalue weighted by atomic mass is 10.2. The van der Waals surface area contributed by atoms with E-state index in [1.54, 1.807) is 24.3 Å². The van der Waals surface area contributed by atoms with Crippen molar-refractivity contribution >= 4 is 57.3 Å². The maximum Gasteiger partial charge on any atom is 0.284 e. The van der Waals surface area contributed by atoms with Gasteiger partial charge in [-0.1, -0.05) is 12.1 Å². The molecule has 0 aliphatic carbocycles. The van der Waals surface area contributed by atoms with Gasteiger partial charge in [0.05, 0.1) is 13.4 Å². The smallest absolute Gasteiger partial charge is 0.284 e. The molecule has 0 unspecified atom stereocenters. The number of halogens is 2. The molecule has 1 amide bonds. The Labute approximate surface area is 165 Å². The van der Waals surface area contributed by atoms with E-state index < -0.39 is 6.10 Å². The lowest BCUT2D eigenvalue weighted by Gasteiger charge is -2.24. The van der Waals surface area contributed by atoms with Gasteiger partial charge < -0.3 is 14.6 Å². The largest absolute Gasteiger partial charge is 0.506 e. The van der Waals surface area contributed by atoms with Crippen LogP contribution in [0.4, 0.5) is 0 Å². The van der Waals surface area contributed by atoms with Gasteiger partial charge >= 0.3 is 0 Å². The summed E-state index contributed by atoms with van der Waals surface area (Å²) < 4.78 is 12.5. The lowest BCUT2D eigenvalue weighted by molar-refractivity contribution is -0.130. The number of hydrazone groups is 1. The standard InChI is InChI=1S/C16H12I2N2O4/c17-10-5-9(6-11(18)15(10)21)7-19-20-16(22)14-8-23-12-3-1-2-4-13(12)24-14/h1-7,14,21H,8H2,(H,20,22)/b19-7-/t14-/m1/s1. The van der Waals surface area contributed by atoms with Crippen LogP contribution in [0.15, 0.2) is 41.5 Å². The number of rotatable bonds is 3. The second kappa shape index (κ2) is 7.55. The molecule has 0 bridgehead atoms. The summed E-state index contributed by atoms with van der Waals surface area (Å²) in [6.45, 7) is 0.132. The van der Waals surface area contributed by atoms with Gasteiger partial charge in [-0.05, 0) is 75.0 Å². The minimum Gasteiger partial charge on any atom is -0.506 e. The Bertz CT molecular complexity index is 787. The molecule has 1 aliphatic rings. The summed E-state index contributed by atoms with van der Waals surface area (Å²) >= 11 is 4.07. The molecule has 0 radical (unpaired) electrons. The normalized spacial score (nSPS) is 16.2. The van der Waals surface area contributed by atoms with Crippen LogP contribution in [-0.2, 0) is 4.79 Å². The zero-order chi connectivity index (χ0) is 17.1. The number of hydrogen-bond acceptors (Lipinski definition) is 5. The number of fused-ring (bicyclic) bond motifs is 1. The highest BCUT2D eigenvalue weighted by Crippen LogP contribution is 2.31. The molecule has 1 atom stereocenters. The molecule has 3 rings (SSSR count). The fraction of sp³-hybridized carbons (Fsp3) is 0.125. The maximum atomic E-state index is 12.1. The van der Waals surface area contributed by atoms with Crippen molar-refractivity contribution in [3.05, 3.63) is 49.1 Å². The van der Waals surface area contributed by atoms with Crippen molar-refractivity contribution in [2.45, 2.75) is 6.10 Å². The van der Waals surface area contributed by atoms with Gasteiger partial charge in [0.15, 0.2) is 11.5 Å². The molecular weight excluding hydrogens is 538 g/mol. The van der Waals surface area contributed by atoms with Crippen molar-refractivity contribution < 1.29 is 19.4 Å². The molecule has 6 nitrogen and oxygen atoms in total. The fourth-order valence-electron chi connectivity index (χ4n) is 2.05. The van der Waals surface area contributed by atoms with Crippen molar-refractivity contribution in [3.8, 4) is 17.2 Å². The molecule has 24 heavy (non-hydrogen) atoms. The molecule has 0 fully saturated rings. The first kappa shape index (κ1) is 17.3. The second-order valence-corrected chi connectivity index (χ2v) is 7.26. The summed E-state index contributed by atoms with van der Waals surface area (Å²) in [5.41, 5.74) is 3.21. The predicted octanol–water partition coefficient (Wildman–Crippen LogP) is 2.89. The van der Waals surface area contributed by atoms with Gasteiger partial charge in [-0.2, -0.15) is 5.10 Å². The van der Waals surface area contributed by atoms with Gasteiger partial charge in [-0.25, -0.2) is 5.43 Å². The van der Waals surface area contributed by atoms with Gasteiger partial charge in [-0.15, -0.1) is 0 Å². The number of phenols is 1. The van der Waals surface area contributed by atoms with E-state index in [2.05, 4.69) is 10.5 Å². The summed E-state index contributed by atoms with van der Waals surface area (Å²) in [7, 11) is 0. The molecule has 124 valence electrons. The van der Waals surface area contributed by atoms with E-state index in [-0.39, 0.29) is 18.3 Å². The van der Waals surface area contributed by atoms with Crippen molar-refractivity contribution in [3.63, 3.8) is 0 Å². The Hall–Kier alpha value is -1.56. The SMILES string of the molecule is O=C(N/N=C\c1cc(I)c(O)c(I)c1)[C@H]1COc2ccccc2O1. The molecule has 2 N–H and O–H groups in total. The molecule has 0 saturated heterocycles. The number of benzene rings is 2. The summed E-state index contributed by atoms with van der Waals surface area (Å²) in [5.74, 6) is 1.02. The number of aromatic hydroxyl groups is 1. The number of phenolic OH excluding ortho intramolecular Hbond substituents is 1. The third kappa shape index (κ3) is 3.91. The van der Waals surface area contributed by atoms with Gasteiger partial charge in [0, 0.05) is 0 Å². The number of nitrogens with zero attached hydrogens (tertiary/aromatic N) is 1. The predicted molar refractivity (Wildman–Crippen MR) is 106 cm³/mol. The number of carbonyl (C=O) groups is 1. The minimum absolute atomic E-state index is 0.132. The molecule has 2 aromatic rings. The molecule has 1 heterocycles. The number of hydrogen-bond donors (Lipinski definition) is 2. The Balaban J connectivity index is 1.62. The topological polar surface area (TPSA) is 80.2 Å². The van der Waals surface area contributed by atoms with Crippen LogP contribution >= 0.6 is 45.2 Å². The average Bonchev–Trinajstić information content (AvgIpc) is 2.59. The highest BCUT2D eigenvalue weighted by Gasteiger charge is 2.26. The third-order valence-corrected chi connectivity index (χ3v) is 4.87. The quantitative estimate of drug-likeness (QED) is 0.350. The van der Waals surface area contributed by atoms with Crippen molar-refractivity contribution in [1.82, 2.24) is 5.43 Å². The molecule has 0 spiro atoms. The van der Waals surface area contributed by atoms with Crippen LogP contribution in [0.3, 0.4) is 0 Å². The van der Waals surface area contributed by atoms with Gasteiger partial charge in [0.1, 0.15) is 12.4 Å². The molecule has 8 heteroatoms. The molecule has 1 aliphatic heterocycles. The van der Waals surface area contributed by atoms with Crippen LogP contribution in [0.5, 0.6) is 17.2 Å². The van der Waals surface area contributed by atoms with Crippen LogP contribution in [0.25, 0.3) is 0 Å². The monoisotopic (exact) mass is 550 g/mol. The molecule has 0 aromatic heterocycles. The van der Waals surface area contributed by atoms with Crippen LogP contribution < -0.4 is 14.9 Å². The Morgan fingerprint density at radius 1 is 1.25 bits per heavy atom. The Kier molecular flexibility index (Phi) is 5.43. The summed E-state index contributed by atoms with van der Waals surface area (Å²) in [5, 5.41) is 13.7. The first-order chi connectivity index (χ1) is 11.5. The van der Waals surface area contributed by atoms with Gasteiger partial charge in [-0.3, -0.25) is 4.79 Å². The second-order valence-electron chi connectivity index (χ2n) is 4.93. The molecule has 0 saturated carbocycles. The van der Waals surface area contributed by atoms with E-state index >= 15 is 0 Å². The number of ether oxygens (including phenoxy) is 2. The van der Waals surface area contributed by atoms with Gasteiger partial charge in [0.2, 0.25) is 6.10 Å². The number of carbonyl (C=O) groups excluding carboxylic acids is 1. The van der Waals surface area contributed by atoms with Crippen molar-refractivity contribution in [2.75, 3.05) is 6.61 Å². The molecular formula is C16H12I2N2O4. The zero-order valence-corrected chi connectivity index (χ0v) is 16.5. The van der Waals surface area contributed by atoms with E-state index in [0.717, 1.165) is 5.56 Å². The highest BCUT2D eigenvalue weighted by molar-refractivity contribution is 14.1. The van der Waals surface area contributed by atoms with E-state index in [9.17, 15) is 9.90 Å². The lowest BCUT2D eigenvalue weighted by Crippen LogP contribution is -2.42. The van der Waals surface area contributed by atoms with E-state index in [1.165, 1.54) is 6.21 Å². The third-order valence-electron chi connectivity index (χ3n) is 3.23. The summed E-state index contributed by atoms with van der Waals surface area (Å²) in [4.78, 5) is 12.1. The van der Waals surface area contributed by atoms with Crippen molar-refractivity contribution in [1.29, 1.82) is 0 Å². The van der Waals surface area contributed by atoms with Crippen LogP contribution in [-0.4, -0.2) is 29.9 Å². The molecule has 2 aromatic carbocycles. The minimum atomic E-state index is -0.753. The van der Waals surface area contributed by atoms with E-state index in [1.807, 2.05) is 57.3 Å². The average molecular weight is 550 g/mol. The number of para-hydroxylation sites is 2. The maximum absolute atomic E-state index is 12.1. The first-order valence-corrected chi connectivity index (χ1v) is 9.10. The number of nitrogens with one attached hydrogen (secondary N) is 1. The first-order valence-electron chi connectivity index (χ1n) is 6.94. The highest BCUT2D eigenvalue weighted by atomic mass is 127. The summed E-state index contributed by atoms with van der Waals surface area (Å²) in [6, 6.07) is 10.7. The van der Waals surface area contributed by atoms with Crippen LogP contribution in [0.1, 0.15) is 5.56 Å². The van der Waals surface area contributed by atoms with Crippen molar-refractivity contribution in [2.24, 2.45) is 5.10 Å². The summed E-state index contributed by atoms with van der Waals surface area (Å²) in [6.07, 6.45) is 0.761. The van der Waals surface area contributed by atoms with Gasteiger partial charge in [0.25, 0.3) is 5.91 Å². The Morgan fingerprint density at radius 2 is 1.92 bits per heavy atom. The van der Waals surface area contributed by atoms with Crippen LogP contribution in [0, 0.1) is 7.14 Å². The number of amides is 1. The Morgan fingerprint density at radius 3 is 2.62 bits per heavy atom. The van der Waals surface area contributed by atoms with E-state index in [0.29, 0.717) is 18.6 Å². The fourth-order valence-corrected chi connectivity index (χ4v) is 3.87. The van der Waals surface area contributed by atoms with E-state index in [4.69, 9.17) is 9.47 Å². The zero-order valence-electron chi connectivity index (χ0n) is 12.2.